The zero-order valence-corrected chi connectivity index (χ0v) is 12.1. The summed E-state index contributed by atoms with van der Waals surface area (Å²) in [6, 6.07) is 2.03. The Bertz CT molecular complexity index is 375. The van der Waals surface area contributed by atoms with Gasteiger partial charge in [-0.05, 0) is 66.3 Å². The summed E-state index contributed by atoms with van der Waals surface area (Å²) in [4.78, 5) is 6.74. The molecule has 0 spiro atoms. The number of hydrogen-bond acceptors (Lipinski definition) is 3. The van der Waals surface area contributed by atoms with E-state index in [4.69, 9.17) is 0 Å². The first-order chi connectivity index (χ1) is 8.18. The molecule has 1 aliphatic rings. The summed E-state index contributed by atoms with van der Waals surface area (Å²) < 4.78 is 1.12. The molecule has 0 aromatic carbocycles. The van der Waals surface area contributed by atoms with Crippen LogP contribution in [0.4, 0.5) is 5.82 Å². The summed E-state index contributed by atoms with van der Waals surface area (Å²) in [5, 5.41) is 3.40. The van der Waals surface area contributed by atoms with Crippen molar-refractivity contribution in [3.05, 3.63) is 22.3 Å². The summed E-state index contributed by atoms with van der Waals surface area (Å²) in [5.41, 5.74) is 1.24. The predicted octanol–water partition coefficient (Wildman–Crippen LogP) is 2.59. The summed E-state index contributed by atoms with van der Waals surface area (Å²) in [5.74, 6) is 1.85. The highest BCUT2D eigenvalue weighted by molar-refractivity contribution is 9.10. The van der Waals surface area contributed by atoms with Crippen LogP contribution in [0, 0.1) is 12.8 Å². The van der Waals surface area contributed by atoms with Crippen molar-refractivity contribution in [2.45, 2.75) is 19.8 Å². The van der Waals surface area contributed by atoms with Gasteiger partial charge in [-0.2, -0.15) is 0 Å². The highest BCUT2D eigenvalue weighted by Crippen LogP contribution is 2.27. The Morgan fingerprint density at radius 2 is 2.18 bits per heavy atom. The van der Waals surface area contributed by atoms with E-state index in [1.807, 2.05) is 12.3 Å². The van der Waals surface area contributed by atoms with Crippen molar-refractivity contribution in [2.24, 2.45) is 5.92 Å². The van der Waals surface area contributed by atoms with Crippen molar-refractivity contribution in [3.8, 4) is 0 Å². The van der Waals surface area contributed by atoms with Crippen molar-refractivity contribution in [1.82, 2.24) is 10.3 Å². The van der Waals surface area contributed by atoms with E-state index in [-0.39, 0.29) is 0 Å². The number of aryl methyl sites for hydroxylation is 1. The first-order valence-corrected chi connectivity index (χ1v) is 7.00. The quantitative estimate of drug-likeness (QED) is 0.929. The number of piperidine rings is 1. The van der Waals surface area contributed by atoms with Crippen LogP contribution in [0.3, 0.4) is 0 Å². The molecule has 0 bridgehead atoms. The average Bonchev–Trinajstić information content (AvgIpc) is 2.34. The van der Waals surface area contributed by atoms with E-state index in [2.05, 4.69) is 45.1 Å². The van der Waals surface area contributed by atoms with Gasteiger partial charge in [0.25, 0.3) is 0 Å². The fraction of sp³-hybridized carbons (Fsp3) is 0.615. The second-order valence-corrected chi connectivity index (χ2v) is 5.63. The first kappa shape index (κ1) is 12.8. The highest BCUT2D eigenvalue weighted by atomic mass is 79.9. The third-order valence-corrected chi connectivity index (χ3v) is 4.40. The molecule has 2 heterocycles. The van der Waals surface area contributed by atoms with E-state index in [1.54, 1.807) is 0 Å². The minimum Gasteiger partial charge on any atom is -0.358 e. The van der Waals surface area contributed by atoms with Crippen LogP contribution in [0.15, 0.2) is 16.7 Å². The standard InChI is InChI=1S/C13H20BrN3/c1-10-3-8-16-13(12(10)14)17(2)9-11-4-6-15-7-5-11/h3,8,11,15H,4-7,9H2,1-2H3. The van der Waals surface area contributed by atoms with Crippen LogP contribution in [0.2, 0.25) is 0 Å². The third-order valence-electron chi connectivity index (χ3n) is 3.42. The van der Waals surface area contributed by atoms with Gasteiger partial charge < -0.3 is 10.2 Å². The number of pyridine rings is 1. The molecule has 4 heteroatoms. The fourth-order valence-corrected chi connectivity index (χ4v) is 2.87. The molecule has 1 aliphatic heterocycles. The van der Waals surface area contributed by atoms with Gasteiger partial charge in [-0.1, -0.05) is 0 Å². The molecule has 0 saturated carbocycles. The smallest absolute Gasteiger partial charge is 0.142 e. The van der Waals surface area contributed by atoms with Crippen LogP contribution in [0.5, 0.6) is 0 Å². The topological polar surface area (TPSA) is 28.2 Å². The van der Waals surface area contributed by atoms with Gasteiger partial charge in [-0.3, -0.25) is 0 Å². The van der Waals surface area contributed by atoms with E-state index in [0.29, 0.717) is 0 Å². The van der Waals surface area contributed by atoms with Crippen LogP contribution < -0.4 is 10.2 Å². The number of anilines is 1. The van der Waals surface area contributed by atoms with E-state index < -0.39 is 0 Å². The Hall–Kier alpha value is -0.610. The number of nitrogens with one attached hydrogen (secondary N) is 1. The monoisotopic (exact) mass is 297 g/mol. The number of halogens is 1. The Labute approximate surface area is 112 Å². The molecule has 0 amide bonds. The molecule has 0 aliphatic carbocycles. The molecule has 1 saturated heterocycles. The van der Waals surface area contributed by atoms with Crippen LogP contribution in [0.1, 0.15) is 18.4 Å². The van der Waals surface area contributed by atoms with Gasteiger partial charge in [0.2, 0.25) is 0 Å². The normalized spacial score (nSPS) is 17.1. The Morgan fingerprint density at radius 3 is 2.88 bits per heavy atom. The lowest BCUT2D eigenvalue weighted by Crippen LogP contribution is -2.35. The van der Waals surface area contributed by atoms with Crippen molar-refractivity contribution in [2.75, 3.05) is 31.6 Å². The van der Waals surface area contributed by atoms with Crippen LogP contribution in [-0.2, 0) is 0 Å². The second-order valence-electron chi connectivity index (χ2n) is 4.84. The van der Waals surface area contributed by atoms with Gasteiger partial charge >= 0.3 is 0 Å². The number of rotatable bonds is 3. The third kappa shape index (κ3) is 3.19. The molecular weight excluding hydrogens is 278 g/mol. The summed E-state index contributed by atoms with van der Waals surface area (Å²) in [7, 11) is 2.13. The second kappa shape index (κ2) is 5.83. The molecule has 0 atom stereocenters. The van der Waals surface area contributed by atoms with E-state index in [0.717, 1.165) is 35.8 Å². The molecule has 1 N–H and O–H groups in total. The number of aromatic nitrogens is 1. The Kier molecular flexibility index (Phi) is 4.40. The van der Waals surface area contributed by atoms with Crippen LogP contribution in [-0.4, -0.2) is 31.7 Å². The van der Waals surface area contributed by atoms with Gasteiger partial charge in [0.15, 0.2) is 0 Å². The molecule has 17 heavy (non-hydrogen) atoms. The lowest BCUT2D eigenvalue weighted by molar-refractivity contribution is 0.377. The molecule has 1 aromatic rings. The minimum atomic E-state index is 0.787. The average molecular weight is 298 g/mol. The fourth-order valence-electron chi connectivity index (χ4n) is 2.33. The van der Waals surface area contributed by atoms with Gasteiger partial charge in [-0.25, -0.2) is 4.98 Å². The molecule has 0 radical (unpaired) electrons. The molecule has 94 valence electrons. The van der Waals surface area contributed by atoms with Gasteiger partial charge in [0.1, 0.15) is 5.82 Å². The first-order valence-electron chi connectivity index (χ1n) is 6.21. The highest BCUT2D eigenvalue weighted by Gasteiger charge is 2.17. The largest absolute Gasteiger partial charge is 0.358 e. The zero-order valence-electron chi connectivity index (χ0n) is 10.5. The maximum atomic E-state index is 4.47. The van der Waals surface area contributed by atoms with Crippen LogP contribution >= 0.6 is 15.9 Å². The van der Waals surface area contributed by atoms with Crippen molar-refractivity contribution in [1.29, 1.82) is 0 Å². The molecular formula is C13H20BrN3. The summed E-state index contributed by atoms with van der Waals surface area (Å²) in [6.45, 7) is 5.51. The molecule has 3 nitrogen and oxygen atoms in total. The SMILES string of the molecule is Cc1ccnc(N(C)CC2CCNCC2)c1Br. The van der Waals surface area contributed by atoms with Gasteiger partial charge in [0, 0.05) is 19.8 Å². The molecule has 1 aromatic heterocycles. The number of hydrogen-bond donors (Lipinski definition) is 1. The molecule has 2 rings (SSSR count). The minimum absolute atomic E-state index is 0.787. The van der Waals surface area contributed by atoms with Gasteiger partial charge in [-0.15, -0.1) is 0 Å². The maximum Gasteiger partial charge on any atom is 0.142 e. The lowest BCUT2D eigenvalue weighted by Gasteiger charge is -2.28. The molecule has 1 fully saturated rings. The maximum absolute atomic E-state index is 4.47. The predicted molar refractivity (Wildman–Crippen MR) is 75.5 cm³/mol. The number of nitrogens with zero attached hydrogens (tertiary/aromatic N) is 2. The molecule has 0 unspecified atom stereocenters. The zero-order chi connectivity index (χ0) is 12.3. The lowest BCUT2D eigenvalue weighted by atomic mass is 9.98. The van der Waals surface area contributed by atoms with E-state index >= 15 is 0 Å². The van der Waals surface area contributed by atoms with E-state index in [9.17, 15) is 0 Å². The Balaban J connectivity index is 2.03. The summed E-state index contributed by atoms with van der Waals surface area (Å²) >= 11 is 3.63. The van der Waals surface area contributed by atoms with Crippen LogP contribution in [0.25, 0.3) is 0 Å². The van der Waals surface area contributed by atoms with Crippen molar-refractivity contribution < 1.29 is 0 Å². The summed E-state index contributed by atoms with van der Waals surface area (Å²) in [6.07, 6.45) is 4.43. The van der Waals surface area contributed by atoms with Crippen molar-refractivity contribution in [3.63, 3.8) is 0 Å². The Morgan fingerprint density at radius 1 is 1.47 bits per heavy atom. The van der Waals surface area contributed by atoms with Crippen molar-refractivity contribution >= 4 is 21.7 Å². The van der Waals surface area contributed by atoms with Gasteiger partial charge in [0.05, 0.1) is 4.47 Å². The van der Waals surface area contributed by atoms with E-state index in [1.165, 1.54) is 18.4 Å².